The number of ketones is 1. The van der Waals surface area contributed by atoms with Crippen molar-refractivity contribution in [2.24, 2.45) is 5.92 Å². The number of unbranched alkanes of at least 4 members (excludes halogenated alkanes) is 1. The largest absolute Gasteiger partial charge is 0.503 e. The number of carbonyl (C=O) groups excluding carboxylic acids is 2. The van der Waals surface area contributed by atoms with E-state index in [2.05, 4.69) is 18.8 Å². The molecule has 1 aromatic rings. The third kappa shape index (κ3) is 3.66. The molecule has 5 heteroatoms. The van der Waals surface area contributed by atoms with Gasteiger partial charge in [0.1, 0.15) is 6.04 Å². The van der Waals surface area contributed by atoms with Crippen LogP contribution in [0.3, 0.4) is 0 Å². The number of aliphatic hydroxyl groups excluding tert-OH is 1. The van der Waals surface area contributed by atoms with Gasteiger partial charge in [0.05, 0.1) is 11.3 Å². The van der Waals surface area contributed by atoms with Crippen LogP contribution in [-0.4, -0.2) is 33.2 Å². The minimum atomic E-state index is -0.591. The molecule has 1 aliphatic heterocycles. The molecule has 0 unspecified atom stereocenters. The first kappa shape index (κ1) is 18.2. The molecule has 2 heterocycles. The fraction of sp³-hybridized carbons (Fsp3) is 0.526. The Morgan fingerprint density at radius 1 is 1.38 bits per heavy atom. The maximum Gasteiger partial charge on any atom is 0.290 e. The molecule has 2 atom stereocenters. The zero-order chi connectivity index (χ0) is 17.7. The van der Waals surface area contributed by atoms with Crippen LogP contribution >= 0.6 is 0 Å². The van der Waals surface area contributed by atoms with Gasteiger partial charge in [-0.2, -0.15) is 0 Å². The Hall–Kier alpha value is -2.17. The van der Waals surface area contributed by atoms with E-state index in [9.17, 15) is 14.7 Å². The van der Waals surface area contributed by atoms with Crippen LogP contribution in [0.4, 0.5) is 0 Å². The Bertz CT molecular complexity index is 625. The normalized spacial score (nSPS) is 19.0. The highest BCUT2D eigenvalue weighted by atomic mass is 16.3. The van der Waals surface area contributed by atoms with Crippen LogP contribution in [0, 0.1) is 5.92 Å². The summed E-state index contributed by atoms with van der Waals surface area (Å²) in [5.74, 6) is -0.839. The van der Waals surface area contributed by atoms with Crippen molar-refractivity contribution in [3.05, 3.63) is 41.4 Å². The maximum atomic E-state index is 12.6. The average Bonchev–Trinajstić information content (AvgIpc) is 2.84. The molecule has 0 radical (unpaired) electrons. The van der Waals surface area contributed by atoms with Crippen molar-refractivity contribution in [1.82, 2.24) is 9.88 Å². The zero-order valence-corrected chi connectivity index (χ0v) is 14.7. The number of aromatic nitrogens is 1. The number of amides is 1. The fourth-order valence-electron chi connectivity index (χ4n) is 3.24. The number of Topliss-reactive ketones (excluding diaryl/α,β-unsaturated/α-hetero) is 1. The molecule has 0 aliphatic carbocycles. The third-order valence-corrected chi connectivity index (χ3v) is 4.65. The van der Waals surface area contributed by atoms with Gasteiger partial charge < -0.3 is 10.0 Å². The van der Waals surface area contributed by atoms with Gasteiger partial charge in [-0.1, -0.05) is 39.2 Å². The highest BCUT2D eigenvalue weighted by Crippen LogP contribution is 2.37. The number of hydrogen-bond acceptors (Lipinski definition) is 4. The SMILES string of the molecule is CCCC[C@@H](CC)CN1C(=O)C(O)=C(C(C)=O)[C@H]1c1ccccn1. The van der Waals surface area contributed by atoms with E-state index in [1.165, 1.54) is 6.92 Å². The minimum Gasteiger partial charge on any atom is -0.503 e. The first-order chi connectivity index (χ1) is 11.5. The summed E-state index contributed by atoms with van der Waals surface area (Å²) in [6.45, 7) is 6.16. The molecule has 0 aromatic carbocycles. The van der Waals surface area contributed by atoms with E-state index < -0.39 is 17.7 Å². The van der Waals surface area contributed by atoms with E-state index in [1.807, 2.05) is 6.07 Å². The van der Waals surface area contributed by atoms with Crippen molar-refractivity contribution in [3.8, 4) is 0 Å². The van der Waals surface area contributed by atoms with Crippen molar-refractivity contribution in [3.63, 3.8) is 0 Å². The predicted octanol–water partition coefficient (Wildman–Crippen LogP) is 3.58. The second-order valence-corrected chi connectivity index (χ2v) is 6.35. The minimum absolute atomic E-state index is 0.157. The van der Waals surface area contributed by atoms with Gasteiger partial charge >= 0.3 is 0 Å². The Kier molecular flexibility index (Phi) is 6.12. The second-order valence-electron chi connectivity index (χ2n) is 6.35. The van der Waals surface area contributed by atoms with Crippen molar-refractivity contribution in [2.45, 2.75) is 52.5 Å². The Morgan fingerprint density at radius 2 is 2.12 bits per heavy atom. The summed E-state index contributed by atoms with van der Waals surface area (Å²) in [7, 11) is 0. The first-order valence-corrected chi connectivity index (χ1v) is 8.67. The van der Waals surface area contributed by atoms with Crippen molar-refractivity contribution < 1.29 is 14.7 Å². The molecule has 0 fully saturated rings. The van der Waals surface area contributed by atoms with Gasteiger partial charge in [-0.05, 0) is 31.4 Å². The van der Waals surface area contributed by atoms with E-state index in [0.29, 0.717) is 18.2 Å². The van der Waals surface area contributed by atoms with E-state index >= 15 is 0 Å². The Morgan fingerprint density at radius 3 is 2.67 bits per heavy atom. The molecular formula is C19H26N2O3. The van der Waals surface area contributed by atoms with Crippen molar-refractivity contribution in [1.29, 1.82) is 0 Å². The summed E-state index contributed by atoms with van der Waals surface area (Å²) >= 11 is 0. The fourth-order valence-corrected chi connectivity index (χ4v) is 3.24. The average molecular weight is 330 g/mol. The van der Waals surface area contributed by atoms with Gasteiger partial charge in [0.15, 0.2) is 11.5 Å². The molecule has 0 spiro atoms. The number of nitrogens with zero attached hydrogens (tertiary/aromatic N) is 2. The standard InChI is InChI=1S/C19H26N2O3/c1-4-6-9-14(5-2)12-21-17(15-10-7-8-11-20-15)16(13(3)22)18(23)19(21)24/h7-8,10-11,14,17,23H,4-6,9,12H2,1-3H3/t14-,17-/m1/s1. The van der Waals surface area contributed by atoms with Gasteiger partial charge in [0.25, 0.3) is 5.91 Å². The Labute approximate surface area is 143 Å². The highest BCUT2D eigenvalue weighted by molar-refractivity contribution is 6.08. The summed E-state index contributed by atoms with van der Waals surface area (Å²) in [5, 5.41) is 10.2. The summed E-state index contributed by atoms with van der Waals surface area (Å²) in [5.41, 5.74) is 0.773. The summed E-state index contributed by atoms with van der Waals surface area (Å²) in [4.78, 5) is 30.5. The van der Waals surface area contributed by atoms with Gasteiger partial charge in [-0.25, -0.2) is 0 Å². The molecule has 5 nitrogen and oxygen atoms in total. The van der Waals surface area contributed by atoms with E-state index in [-0.39, 0.29) is 11.4 Å². The monoisotopic (exact) mass is 330 g/mol. The van der Waals surface area contributed by atoms with Crippen LogP contribution < -0.4 is 0 Å². The van der Waals surface area contributed by atoms with Gasteiger partial charge in [0, 0.05) is 12.7 Å². The quantitative estimate of drug-likeness (QED) is 0.791. The maximum absolute atomic E-state index is 12.6. The molecule has 1 aliphatic rings. The predicted molar refractivity (Wildman–Crippen MR) is 92.3 cm³/mol. The Balaban J connectivity index is 2.35. The van der Waals surface area contributed by atoms with Crippen LogP contribution in [0.25, 0.3) is 0 Å². The van der Waals surface area contributed by atoms with Crippen molar-refractivity contribution >= 4 is 11.7 Å². The van der Waals surface area contributed by atoms with E-state index in [4.69, 9.17) is 0 Å². The summed E-state index contributed by atoms with van der Waals surface area (Å²) < 4.78 is 0. The molecular weight excluding hydrogens is 304 g/mol. The lowest BCUT2D eigenvalue weighted by atomic mass is 9.96. The number of carbonyl (C=O) groups is 2. The molecule has 0 bridgehead atoms. The third-order valence-electron chi connectivity index (χ3n) is 4.65. The number of pyridine rings is 1. The molecule has 1 aromatic heterocycles. The molecule has 0 saturated carbocycles. The van der Waals surface area contributed by atoms with Gasteiger partial charge in [-0.3, -0.25) is 14.6 Å². The topological polar surface area (TPSA) is 70.5 Å². The smallest absolute Gasteiger partial charge is 0.290 e. The van der Waals surface area contributed by atoms with Crippen LogP contribution in [-0.2, 0) is 9.59 Å². The van der Waals surface area contributed by atoms with Crippen LogP contribution in [0.2, 0.25) is 0 Å². The summed E-state index contributed by atoms with van der Waals surface area (Å²) in [6.07, 6.45) is 5.83. The van der Waals surface area contributed by atoms with Crippen LogP contribution in [0.1, 0.15) is 58.2 Å². The molecule has 130 valence electrons. The number of aliphatic hydroxyl groups is 1. The second kappa shape index (κ2) is 8.08. The molecule has 0 saturated heterocycles. The zero-order valence-electron chi connectivity index (χ0n) is 14.7. The van der Waals surface area contributed by atoms with Crippen LogP contribution in [0.5, 0.6) is 0 Å². The van der Waals surface area contributed by atoms with Crippen LogP contribution in [0.15, 0.2) is 35.7 Å². The number of rotatable bonds is 8. The molecule has 2 rings (SSSR count). The lowest BCUT2D eigenvalue weighted by molar-refractivity contribution is -0.130. The van der Waals surface area contributed by atoms with Crippen molar-refractivity contribution in [2.75, 3.05) is 6.54 Å². The van der Waals surface area contributed by atoms with E-state index in [0.717, 1.165) is 25.7 Å². The molecule has 1 N–H and O–H groups in total. The van der Waals surface area contributed by atoms with Gasteiger partial charge in [-0.15, -0.1) is 0 Å². The van der Waals surface area contributed by atoms with E-state index in [1.54, 1.807) is 23.2 Å². The molecule has 1 amide bonds. The lowest BCUT2D eigenvalue weighted by Crippen LogP contribution is -2.35. The molecule has 24 heavy (non-hydrogen) atoms. The first-order valence-electron chi connectivity index (χ1n) is 8.67. The van der Waals surface area contributed by atoms with Gasteiger partial charge in [0.2, 0.25) is 0 Å². The summed E-state index contributed by atoms with van der Waals surface area (Å²) in [6, 6.07) is 4.82. The highest BCUT2D eigenvalue weighted by Gasteiger charge is 2.43. The number of hydrogen-bond donors (Lipinski definition) is 1. The lowest BCUT2D eigenvalue weighted by Gasteiger charge is -2.29.